The average Bonchev–Trinajstić information content (AvgIpc) is 3.46. The molecule has 1 unspecified atom stereocenters. The molecule has 0 aliphatic heterocycles. The van der Waals surface area contributed by atoms with E-state index in [2.05, 4.69) is 10.6 Å². The van der Waals surface area contributed by atoms with Gasteiger partial charge in [0.05, 0.1) is 6.04 Å². The van der Waals surface area contributed by atoms with Gasteiger partial charge in [-0.1, -0.05) is 18.2 Å². The molecule has 0 heterocycles. The number of hydrogen-bond donors (Lipinski definition) is 2. The molecule has 2 aromatic carbocycles. The van der Waals surface area contributed by atoms with Gasteiger partial charge in [0, 0.05) is 17.7 Å². The Kier molecular flexibility index (Phi) is 5.64. The van der Waals surface area contributed by atoms with E-state index in [-0.39, 0.29) is 11.8 Å². The molecule has 4 nitrogen and oxygen atoms in total. The summed E-state index contributed by atoms with van der Waals surface area (Å²) in [6, 6.07) is 10.3. The number of amides is 2. The van der Waals surface area contributed by atoms with Crippen molar-refractivity contribution in [2.45, 2.75) is 31.8 Å². The van der Waals surface area contributed by atoms with Crippen LogP contribution in [0.3, 0.4) is 0 Å². The van der Waals surface area contributed by atoms with Gasteiger partial charge in [-0.2, -0.15) is 0 Å². The van der Waals surface area contributed by atoms with Crippen LogP contribution in [0.15, 0.2) is 48.5 Å². The lowest BCUT2D eigenvalue weighted by Gasteiger charge is -2.13. The number of halogens is 2. The molecule has 6 heteroatoms. The van der Waals surface area contributed by atoms with Crippen molar-refractivity contribution >= 4 is 17.9 Å². The molecule has 2 aromatic rings. The van der Waals surface area contributed by atoms with E-state index in [0.717, 1.165) is 30.5 Å². The SMILES string of the molecule is CC(NC(=O)/C=C/c1ccc(C(=O)NC2CC2)cc1)c1ccc(F)c(F)c1. The Labute approximate surface area is 156 Å². The fourth-order valence-electron chi connectivity index (χ4n) is 2.54. The monoisotopic (exact) mass is 370 g/mol. The first kappa shape index (κ1) is 18.8. The van der Waals surface area contributed by atoms with Gasteiger partial charge >= 0.3 is 0 Å². The molecule has 0 spiro atoms. The summed E-state index contributed by atoms with van der Waals surface area (Å²) >= 11 is 0. The molecule has 0 aromatic heterocycles. The van der Waals surface area contributed by atoms with Crippen molar-refractivity contribution in [3.05, 3.63) is 76.9 Å². The molecular formula is C21H20F2N2O2. The number of carbonyl (C=O) groups excluding carboxylic acids is 2. The zero-order valence-corrected chi connectivity index (χ0v) is 14.8. The van der Waals surface area contributed by atoms with Crippen LogP contribution in [0.2, 0.25) is 0 Å². The fourth-order valence-corrected chi connectivity index (χ4v) is 2.54. The predicted octanol–water partition coefficient (Wildman–Crippen LogP) is 3.75. The minimum absolute atomic E-state index is 0.0915. The lowest BCUT2D eigenvalue weighted by molar-refractivity contribution is -0.117. The van der Waals surface area contributed by atoms with Crippen molar-refractivity contribution in [1.82, 2.24) is 10.6 Å². The molecule has 0 radical (unpaired) electrons. The largest absolute Gasteiger partial charge is 0.349 e. The third kappa shape index (κ3) is 5.23. The second kappa shape index (κ2) is 8.12. The van der Waals surface area contributed by atoms with Gasteiger partial charge in [0.25, 0.3) is 5.91 Å². The molecule has 2 N–H and O–H groups in total. The Morgan fingerprint density at radius 1 is 1.07 bits per heavy atom. The van der Waals surface area contributed by atoms with Gasteiger partial charge in [0.15, 0.2) is 11.6 Å². The van der Waals surface area contributed by atoms with Crippen LogP contribution in [0, 0.1) is 11.6 Å². The van der Waals surface area contributed by atoms with Crippen molar-refractivity contribution in [2.75, 3.05) is 0 Å². The van der Waals surface area contributed by atoms with Crippen LogP contribution in [-0.4, -0.2) is 17.9 Å². The summed E-state index contributed by atoms with van der Waals surface area (Å²) in [4.78, 5) is 24.0. The highest BCUT2D eigenvalue weighted by Gasteiger charge is 2.23. The quantitative estimate of drug-likeness (QED) is 0.761. The Balaban J connectivity index is 1.55. The normalized spacial score (nSPS) is 14.8. The molecule has 0 bridgehead atoms. The van der Waals surface area contributed by atoms with Gasteiger partial charge in [-0.15, -0.1) is 0 Å². The highest BCUT2D eigenvalue weighted by atomic mass is 19.2. The zero-order valence-electron chi connectivity index (χ0n) is 14.8. The van der Waals surface area contributed by atoms with E-state index < -0.39 is 17.7 Å². The standard InChI is InChI=1S/C21H20F2N2O2/c1-13(16-7-10-18(22)19(23)12-16)24-20(26)11-4-14-2-5-15(6-3-14)21(27)25-17-8-9-17/h2-7,10-13,17H,8-9H2,1H3,(H,24,26)(H,25,27)/b11-4+. The Morgan fingerprint density at radius 2 is 1.78 bits per heavy atom. The predicted molar refractivity (Wildman–Crippen MR) is 98.9 cm³/mol. The third-order valence-corrected chi connectivity index (χ3v) is 4.32. The summed E-state index contributed by atoms with van der Waals surface area (Å²) < 4.78 is 26.3. The molecule has 3 rings (SSSR count). The average molecular weight is 370 g/mol. The van der Waals surface area contributed by atoms with Crippen LogP contribution in [-0.2, 0) is 4.79 Å². The van der Waals surface area contributed by atoms with E-state index >= 15 is 0 Å². The highest BCUT2D eigenvalue weighted by Crippen LogP contribution is 2.19. The summed E-state index contributed by atoms with van der Waals surface area (Å²) in [5.41, 5.74) is 1.82. The third-order valence-electron chi connectivity index (χ3n) is 4.32. The summed E-state index contributed by atoms with van der Waals surface area (Å²) in [6.45, 7) is 1.69. The number of rotatable bonds is 6. The lowest BCUT2D eigenvalue weighted by atomic mass is 10.1. The topological polar surface area (TPSA) is 58.2 Å². The molecule has 1 saturated carbocycles. The van der Waals surface area contributed by atoms with Crippen molar-refractivity contribution in [2.24, 2.45) is 0 Å². The van der Waals surface area contributed by atoms with E-state index in [1.165, 1.54) is 12.1 Å². The van der Waals surface area contributed by atoms with Crippen LogP contribution in [0.1, 0.15) is 47.3 Å². The maximum atomic E-state index is 13.3. The Hall–Kier alpha value is -3.02. The number of benzene rings is 2. The van der Waals surface area contributed by atoms with Crippen LogP contribution in [0.25, 0.3) is 6.08 Å². The summed E-state index contributed by atoms with van der Waals surface area (Å²) in [6.07, 6.45) is 5.04. The van der Waals surface area contributed by atoms with Gasteiger partial charge in [0.1, 0.15) is 0 Å². The number of hydrogen-bond acceptors (Lipinski definition) is 2. The molecule has 0 saturated heterocycles. The molecule has 140 valence electrons. The maximum Gasteiger partial charge on any atom is 0.251 e. The minimum atomic E-state index is -0.949. The van der Waals surface area contributed by atoms with Crippen LogP contribution < -0.4 is 10.6 Å². The zero-order chi connectivity index (χ0) is 19.4. The first-order valence-electron chi connectivity index (χ1n) is 8.77. The minimum Gasteiger partial charge on any atom is -0.349 e. The van der Waals surface area contributed by atoms with E-state index in [4.69, 9.17) is 0 Å². The smallest absolute Gasteiger partial charge is 0.251 e. The van der Waals surface area contributed by atoms with Gasteiger partial charge in [-0.05, 0) is 61.2 Å². The van der Waals surface area contributed by atoms with Crippen molar-refractivity contribution in [1.29, 1.82) is 0 Å². The van der Waals surface area contributed by atoms with Gasteiger partial charge in [0.2, 0.25) is 5.91 Å². The molecule has 1 aliphatic carbocycles. The van der Waals surface area contributed by atoms with Gasteiger partial charge < -0.3 is 10.6 Å². The van der Waals surface area contributed by atoms with Crippen molar-refractivity contribution < 1.29 is 18.4 Å². The Morgan fingerprint density at radius 3 is 2.41 bits per heavy atom. The molecular weight excluding hydrogens is 350 g/mol. The van der Waals surface area contributed by atoms with E-state index in [1.807, 2.05) is 0 Å². The molecule has 1 atom stereocenters. The maximum absolute atomic E-state index is 13.3. The fraction of sp³-hybridized carbons (Fsp3) is 0.238. The van der Waals surface area contributed by atoms with Crippen molar-refractivity contribution in [3.63, 3.8) is 0 Å². The number of carbonyl (C=O) groups is 2. The van der Waals surface area contributed by atoms with Gasteiger partial charge in [-0.25, -0.2) is 8.78 Å². The van der Waals surface area contributed by atoms with Crippen LogP contribution >= 0.6 is 0 Å². The molecule has 27 heavy (non-hydrogen) atoms. The lowest BCUT2D eigenvalue weighted by Crippen LogP contribution is -2.25. The summed E-state index contributed by atoms with van der Waals surface area (Å²) in [7, 11) is 0. The summed E-state index contributed by atoms with van der Waals surface area (Å²) in [5, 5.41) is 5.61. The second-order valence-electron chi connectivity index (χ2n) is 6.61. The van der Waals surface area contributed by atoms with E-state index in [9.17, 15) is 18.4 Å². The van der Waals surface area contributed by atoms with Crippen molar-refractivity contribution in [3.8, 4) is 0 Å². The van der Waals surface area contributed by atoms with E-state index in [0.29, 0.717) is 17.2 Å². The first-order chi connectivity index (χ1) is 12.9. The van der Waals surface area contributed by atoms with E-state index in [1.54, 1.807) is 37.3 Å². The van der Waals surface area contributed by atoms with Gasteiger partial charge in [-0.3, -0.25) is 9.59 Å². The van der Waals surface area contributed by atoms with Crippen LogP contribution in [0.5, 0.6) is 0 Å². The molecule has 2 amide bonds. The Bertz CT molecular complexity index is 874. The number of nitrogens with one attached hydrogen (secondary N) is 2. The van der Waals surface area contributed by atoms with Crippen LogP contribution in [0.4, 0.5) is 8.78 Å². The second-order valence-corrected chi connectivity index (χ2v) is 6.61. The molecule has 1 fully saturated rings. The molecule has 1 aliphatic rings. The first-order valence-corrected chi connectivity index (χ1v) is 8.77. The highest BCUT2D eigenvalue weighted by molar-refractivity contribution is 5.95. The summed E-state index contributed by atoms with van der Waals surface area (Å²) in [5.74, 6) is -2.32.